The van der Waals surface area contributed by atoms with Crippen molar-refractivity contribution in [3.8, 4) is 0 Å². The molecule has 1 saturated carbocycles. The van der Waals surface area contributed by atoms with Gasteiger partial charge in [-0.3, -0.25) is 4.98 Å². The van der Waals surface area contributed by atoms with Crippen LogP contribution in [0.25, 0.3) is 0 Å². The minimum atomic E-state index is 0.707. The highest BCUT2D eigenvalue weighted by Gasteiger charge is 2.45. The van der Waals surface area contributed by atoms with Gasteiger partial charge in [-0.1, -0.05) is 12.8 Å². The van der Waals surface area contributed by atoms with E-state index in [-0.39, 0.29) is 0 Å². The summed E-state index contributed by atoms with van der Waals surface area (Å²) in [5, 5.41) is 0. The maximum absolute atomic E-state index is 5.36. The van der Waals surface area contributed by atoms with Crippen LogP contribution >= 0.6 is 0 Å². The highest BCUT2D eigenvalue weighted by atomic mass is 15.3. The fourth-order valence-electron chi connectivity index (χ4n) is 5.95. The van der Waals surface area contributed by atoms with E-state index < -0.39 is 0 Å². The largest absolute Gasteiger partial charge is 0.368 e. The standard InChI is InChI=1S/C22H34N4/c1-24(2)14-15-25-12-7-13-26-19-11-6-4-9-17(19)20-22(26)21(25)16-8-3-5-10-18(16)23-20/h17,19H,3-15H2,1-2H3. The summed E-state index contributed by atoms with van der Waals surface area (Å²) in [6, 6.07) is 0.739. The van der Waals surface area contributed by atoms with Crippen LogP contribution in [0.5, 0.6) is 0 Å². The number of hydrogen-bond acceptors (Lipinski definition) is 4. The molecule has 0 bridgehead atoms. The van der Waals surface area contributed by atoms with Crippen LogP contribution in [0, 0.1) is 0 Å². The smallest absolute Gasteiger partial charge is 0.0832 e. The first kappa shape index (κ1) is 16.9. The van der Waals surface area contributed by atoms with Gasteiger partial charge in [0.25, 0.3) is 0 Å². The molecule has 0 spiro atoms. The Kier molecular flexibility index (Phi) is 4.35. The summed E-state index contributed by atoms with van der Waals surface area (Å²) in [4.78, 5) is 13.2. The van der Waals surface area contributed by atoms with Crippen molar-refractivity contribution in [1.82, 2.24) is 9.88 Å². The van der Waals surface area contributed by atoms with E-state index in [1.807, 2.05) is 0 Å². The monoisotopic (exact) mass is 354 g/mol. The number of nitrogens with zero attached hydrogens (tertiary/aromatic N) is 4. The molecule has 2 atom stereocenters. The van der Waals surface area contributed by atoms with Crippen LogP contribution < -0.4 is 9.80 Å². The van der Waals surface area contributed by atoms with E-state index in [2.05, 4.69) is 28.8 Å². The van der Waals surface area contributed by atoms with E-state index in [1.165, 1.54) is 82.3 Å². The van der Waals surface area contributed by atoms with E-state index in [1.54, 1.807) is 16.9 Å². The summed E-state index contributed by atoms with van der Waals surface area (Å²) in [6.07, 6.45) is 11.9. The van der Waals surface area contributed by atoms with Crippen LogP contribution in [-0.4, -0.2) is 56.2 Å². The van der Waals surface area contributed by atoms with Crippen molar-refractivity contribution >= 4 is 11.4 Å². The first-order valence-corrected chi connectivity index (χ1v) is 11.0. The molecule has 5 rings (SSSR count). The van der Waals surface area contributed by atoms with Crippen molar-refractivity contribution in [3.05, 3.63) is 17.0 Å². The molecule has 0 radical (unpaired) electrons. The maximum atomic E-state index is 5.36. The van der Waals surface area contributed by atoms with Gasteiger partial charge in [0.1, 0.15) is 0 Å². The molecule has 2 aliphatic carbocycles. The highest BCUT2D eigenvalue weighted by Crippen LogP contribution is 2.53. The SMILES string of the molecule is CN(C)CCN1CCCN2c3c(nc4c(c31)CCCC4)C1CCCCC12. The Bertz CT molecular complexity index is 683. The van der Waals surface area contributed by atoms with E-state index >= 15 is 0 Å². The molecule has 0 amide bonds. The van der Waals surface area contributed by atoms with E-state index in [9.17, 15) is 0 Å². The molecule has 26 heavy (non-hydrogen) atoms. The van der Waals surface area contributed by atoms with Gasteiger partial charge in [0.2, 0.25) is 0 Å². The van der Waals surface area contributed by atoms with Crippen LogP contribution in [0.2, 0.25) is 0 Å². The zero-order valence-electron chi connectivity index (χ0n) is 16.6. The fourth-order valence-corrected chi connectivity index (χ4v) is 5.95. The molecule has 4 heteroatoms. The Balaban J connectivity index is 1.65. The number of fused-ring (bicyclic) bond motifs is 5. The molecule has 3 heterocycles. The number of likely N-dealkylation sites (N-methyl/N-ethyl adjacent to an activating group) is 1. The van der Waals surface area contributed by atoms with Crippen LogP contribution in [-0.2, 0) is 12.8 Å². The molecule has 0 aromatic carbocycles. The van der Waals surface area contributed by atoms with Gasteiger partial charge >= 0.3 is 0 Å². The van der Waals surface area contributed by atoms with Gasteiger partial charge in [0.05, 0.1) is 17.1 Å². The molecule has 4 nitrogen and oxygen atoms in total. The van der Waals surface area contributed by atoms with Gasteiger partial charge in [-0.15, -0.1) is 0 Å². The summed E-state index contributed by atoms with van der Waals surface area (Å²) in [7, 11) is 4.40. The van der Waals surface area contributed by atoms with Crippen molar-refractivity contribution in [2.75, 3.05) is 50.1 Å². The van der Waals surface area contributed by atoms with Crippen LogP contribution in [0.4, 0.5) is 11.4 Å². The summed E-state index contributed by atoms with van der Waals surface area (Å²) in [5.74, 6) is 0.707. The first-order chi connectivity index (χ1) is 12.7. The fraction of sp³-hybridized carbons (Fsp3) is 0.773. The molecule has 2 unspecified atom stereocenters. The van der Waals surface area contributed by atoms with Crippen LogP contribution in [0.3, 0.4) is 0 Å². The van der Waals surface area contributed by atoms with E-state index in [0.29, 0.717) is 5.92 Å². The van der Waals surface area contributed by atoms with Crippen molar-refractivity contribution in [3.63, 3.8) is 0 Å². The lowest BCUT2D eigenvalue weighted by Gasteiger charge is -2.33. The number of aryl methyl sites for hydroxylation is 1. The molecule has 1 aromatic rings. The Labute approximate surface area is 158 Å². The van der Waals surface area contributed by atoms with Gasteiger partial charge in [-0.25, -0.2) is 0 Å². The Morgan fingerprint density at radius 3 is 2.69 bits per heavy atom. The summed E-state index contributed by atoms with van der Waals surface area (Å²) < 4.78 is 0. The van der Waals surface area contributed by atoms with Gasteiger partial charge in [-0.05, 0) is 64.6 Å². The third-order valence-corrected chi connectivity index (χ3v) is 7.18. The van der Waals surface area contributed by atoms with Gasteiger partial charge in [-0.2, -0.15) is 0 Å². The predicted molar refractivity (Wildman–Crippen MR) is 109 cm³/mol. The second-order valence-corrected chi connectivity index (χ2v) is 9.12. The molecular formula is C22H34N4. The maximum Gasteiger partial charge on any atom is 0.0832 e. The van der Waals surface area contributed by atoms with E-state index in [0.717, 1.165) is 19.1 Å². The topological polar surface area (TPSA) is 22.6 Å². The zero-order valence-corrected chi connectivity index (χ0v) is 16.6. The van der Waals surface area contributed by atoms with Crippen molar-refractivity contribution in [2.24, 2.45) is 0 Å². The average Bonchev–Trinajstić information content (AvgIpc) is 2.83. The molecule has 4 aliphatic rings. The van der Waals surface area contributed by atoms with Crippen LogP contribution in [0.1, 0.15) is 67.8 Å². The summed E-state index contributed by atoms with van der Waals surface area (Å²) in [6.45, 7) is 4.74. The number of pyridine rings is 1. The van der Waals surface area contributed by atoms with Gasteiger partial charge in [0, 0.05) is 43.8 Å². The van der Waals surface area contributed by atoms with Gasteiger partial charge < -0.3 is 14.7 Å². The molecule has 0 N–H and O–H groups in total. The molecule has 1 fully saturated rings. The predicted octanol–water partition coefficient (Wildman–Crippen LogP) is 3.58. The quantitative estimate of drug-likeness (QED) is 0.827. The average molecular weight is 355 g/mol. The van der Waals surface area contributed by atoms with Gasteiger partial charge in [0.15, 0.2) is 0 Å². The van der Waals surface area contributed by atoms with Crippen molar-refractivity contribution in [1.29, 1.82) is 0 Å². The second-order valence-electron chi connectivity index (χ2n) is 9.12. The van der Waals surface area contributed by atoms with E-state index in [4.69, 9.17) is 4.98 Å². The van der Waals surface area contributed by atoms with Crippen molar-refractivity contribution < 1.29 is 0 Å². The third-order valence-electron chi connectivity index (χ3n) is 7.18. The number of rotatable bonds is 3. The number of anilines is 2. The lowest BCUT2D eigenvalue weighted by Crippen LogP contribution is -2.36. The summed E-state index contributed by atoms with van der Waals surface area (Å²) in [5.41, 5.74) is 7.73. The molecule has 2 aliphatic heterocycles. The second kappa shape index (κ2) is 6.70. The lowest BCUT2D eigenvalue weighted by atomic mass is 9.83. The van der Waals surface area contributed by atoms with Crippen molar-refractivity contribution in [2.45, 2.75) is 69.7 Å². The molecule has 1 aromatic heterocycles. The highest BCUT2D eigenvalue weighted by molar-refractivity contribution is 5.82. The molecular weight excluding hydrogens is 320 g/mol. The lowest BCUT2D eigenvalue weighted by molar-refractivity contribution is 0.381. The molecule has 142 valence electrons. The Morgan fingerprint density at radius 1 is 0.962 bits per heavy atom. The Hall–Kier alpha value is -1.29. The minimum absolute atomic E-state index is 0.707. The summed E-state index contributed by atoms with van der Waals surface area (Å²) >= 11 is 0. The van der Waals surface area contributed by atoms with Crippen LogP contribution in [0.15, 0.2) is 0 Å². The first-order valence-electron chi connectivity index (χ1n) is 11.0. The third kappa shape index (κ3) is 2.64. The number of hydrogen-bond donors (Lipinski definition) is 0. The number of aromatic nitrogens is 1. The normalized spacial score (nSPS) is 27.2. The zero-order chi connectivity index (χ0) is 17.7. The Morgan fingerprint density at radius 2 is 1.81 bits per heavy atom. The minimum Gasteiger partial charge on any atom is -0.368 e. The molecule has 0 saturated heterocycles.